The Hall–Kier alpha value is -4.09. The van der Waals surface area contributed by atoms with E-state index < -0.39 is 18.5 Å². The Morgan fingerprint density at radius 2 is 2.00 bits per heavy atom. The van der Waals surface area contributed by atoms with Crippen LogP contribution in [0.5, 0.6) is 5.75 Å². The van der Waals surface area contributed by atoms with E-state index in [9.17, 15) is 18.0 Å². The Morgan fingerprint density at radius 1 is 1.21 bits per heavy atom. The second-order valence-electron chi connectivity index (χ2n) is 7.23. The Labute approximate surface area is 186 Å². The quantitative estimate of drug-likeness (QED) is 0.439. The maximum atomic E-state index is 12.7. The van der Waals surface area contributed by atoms with Crippen LogP contribution >= 0.6 is 0 Å². The highest BCUT2D eigenvalue weighted by Crippen LogP contribution is 2.33. The molecule has 0 aliphatic heterocycles. The summed E-state index contributed by atoms with van der Waals surface area (Å²) in [4.78, 5) is 15.9. The number of methoxy groups -OCH3 is 1. The molecule has 0 bridgehead atoms. The van der Waals surface area contributed by atoms with Crippen LogP contribution in [0.2, 0.25) is 0 Å². The van der Waals surface area contributed by atoms with Gasteiger partial charge >= 0.3 is 6.18 Å². The van der Waals surface area contributed by atoms with Gasteiger partial charge in [-0.15, -0.1) is 0 Å². The number of nitrogens with one attached hydrogen (secondary N) is 1. The van der Waals surface area contributed by atoms with Crippen LogP contribution in [0.25, 0.3) is 28.3 Å². The zero-order valence-corrected chi connectivity index (χ0v) is 17.7. The molecule has 9 nitrogen and oxygen atoms in total. The summed E-state index contributed by atoms with van der Waals surface area (Å²) in [5.41, 5.74) is 8.56. The lowest BCUT2D eigenvalue weighted by Gasteiger charge is -2.13. The third kappa shape index (κ3) is 4.45. The first-order valence-corrected chi connectivity index (χ1v) is 9.84. The van der Waals surface area contributed by atoms with E-state index >= 15 is 0 Å². The molecule has 4 rings (SSSR count). The van der Waals surface area contributed by atoms with Crippen molar-refractivity contribution in [2.75, 3.05) is 19.0 Å². The minimum Gasteiger partial charge on any atom is -0.496 e. The number of halogens is 3. The summed E-state index contributed by atoms with van der Waals surface area (Å²) < 4.78 is 46.6. The topological polar surface area (TPSA) is 112 Å². The third-order valence-electron chi connectivity index (χ3n) is 5.04. The largest absolute Gasteiger partial charge is 0.496 e. The van der Waals surface area contributed by atoms with Gasteiger partial charge in [-0.3, -0.25) is 9.48 Å². The van der Waals surface area contributed by atoms with E-state index in [0.29, 0.717) is 39.7 Å². The second kappa shape index (κ2) is 8.45. The van der Waals surface area contributed by atoms with Crippen molar-refractivity contribution in [2.45, 2.75) is 12.6 Å². The fourth-order valence-electron chi connectivity index (χ4n) is 3.43. The van der Waals surface area contributed by atoms with Crippen LogP contribution < -0.4 is 15.8 Å². The van der Waals surface area contributed by atoms with E-state index in [0.717, 1.165) is 0 Å². The van der Waals surface area contributed by atoms with Crippen LogP contribution in [0.4, 0.5) is 18.9 Å². The van der Waals surface area contributed by atoms with Crippen molar-refractivity contribution >= 4 is 17.2 Å². The molecule has 1 aromatic carbocycles. The summed E-state index contributed by atoms with van der Waals surface area (Å²) in [5, 5.41) is 11.6. The molecule has 4 aromatic rings. The number of ether oxygens (including phenoxy) is 1. The molecular weight excluding hydrogens is 439 g/mol. The zero-order chi connectivity index (χ0) is 23.8. The number of carbonyl (C=O) groups is 1. The molecule has 0 radical (unpaired) electrons. The first kappa shape index (κ1) is 22.1. The number of aromatic nitrogens is 5. The van der Waals surface area contributed by atoms with Crippen LogP contribution in [0.15, 0.2) is 42.7 Å². The Balaban J connectivity index is 1.87. The molecule has 1 amide bonds. The summed E-state index contributed by atoms with van der Waals surface area (Å²) in [7, 11) is 3.18. The van der Waals surface area contributed by atoms with E-state index in [1.165, 1.54) is 23.9 Å². The van der Waals surface area contributed by atoms with Crippen molar-refractivity contribution in [1.82, 2.24) is 24.4 Å². The fourth-order valence-corrected chi connectivity index (χ4v) is 3.43. The molecule has 12 heteroatoms. The van der Waals surface area contributed by atoms with Gasteiger partial charge in [0.15, 0.2) is 5.65 Å². The van der Waals surface area contributed by atoms with Crippen molar-refractivity contribution in [3.05, 3.63) is 48.3 Å². The van der Waals surface area contributed by atoms with Gasteiger partial charge in [-0.2, -0.15) is 23.4 Å². The van der Waals surface area contributed by atoms with E-state index in [1.807, 2.05) is 0 Å². The van der Waals surface area contributed by atoms with Gasteiger partial charge in [0.05, 0.1) is 36.8 Å². The highest BCUT2D eigenvalue weighted by molar-refractivity contribution is 5.94. The van der Waals surface area contributed by atoms with Crippen molar-refractivity contribution < 1.29 is 22.7 Å². The molecule has 172 valence electrons. The van der Waals surface area contributed by atoms with Gasteiger partial charge in [0.2, 0.25) is 5.91 Å². The van der Waals surface area contributed by atoms with Crippen molar-refractivity contribution in [2.24, 2.45) is 12.8 Å². The predicted molar refractivity (Wildman–Crippen MR) is 115 cm³/mol. The number of amides is 1. The molecule has 0 saturated heterocycles. The van der Waals surface area contributed by atoms with E-state index in [-0.39, 0.29) is 12.1 Å². The Kier molecular flexibility index (Phi) is 5.66. The smallest absolute Gasteiger partial charge is 0.390 e. The zero-order valence-electron chi connectivity index (χ0n) is 17.7. The maximum absolute atomic E-state index is 12.7. The van der Waals surface area contributed by atoms with Crippen LogP contribution in [0, 0.1) is 0 Å². The van der Waals surface area contributed by atoms with Crippen LogP contribution in [-0.4, -0.2) is 50.1 Å². The minimum absolute atomic E-state index is 0.266. The van der Waals surface area contributed by atoms with Crippen molar-refractivity contribution in [3.8, 4) is 28.4 Å². The van der Waals surface area contributed by atoms with Crippen molar-refractivity contribution in [1.29, 1.82) is 0 Å². The van der Waals surface area contributed by atoms with E-state index in [2.05, 4.69) is 20.5 Å². The molecule has 3 aromatic heterocycles. The lowest BCUT2D eigenvalue weighted by molar-refractivity contribution is -0.131. The molecule has 3 N–H and O–H groups in total. The number of nitrogens with two attached hydrogens (primary N) is 1. The van der Waals surface area contributed by atoms with Gasteiger partial charge in [0.1, 0.15) is 11.4 Å². The molecule has 33 heavy (non-hydrogen) atoms. The van der Waals surface area contributed by atoms with Gasteiger partial charge < -0.3 is 15.8 Å². The normalized spacial score (nSPS) is 11.7. The number of carbonyl (C=O) groups excluding carboxylic acids is 1. The number of hydrogen-bond acceptors (Lipinski definition) is 6. The molecule has 3 heterocycles. The summed E-state index contributed by atoms with van der Waals surface area (Å²) >= 11 is 0. The molecular formula is C21H20F3N7O2. The summed E-state index contributed by atoms with van der Waals surface area (Å²) in [6, 6.07) is 8.08. The number of imidazole rings is 1. The summed E-state index contributed by atoms with van der Waals surface area (Å²) in [6.07, 6.45) is -2.17. The SMILES string of the molecule is COc1cc(C(N)=O)ccc1-c1cnc2c(NCCC(F)(F)F)cc(-c3ccnn3C)nn12. The lowest BCUT2D eigenvalue weighted by Crippen LogP contribution is -2.15. The fraction of sp³-hybridized carbons (Fsp3) is 0.238. The number of benzene rings is 1. The van der Waals surface area contributed by atoms with E-state index in [1.54, 1.807) is 42.2 Å². The number of nitrogens with zero attached hydrogens (tertiary/aromatic N) is 5. The maximum Gasteiger partial charge on any atom is 0.390 e. The summed E-state index contributed by atoms with van der Waals surface area (Å²) in [5.74, 6) is -0.238. The monoisotopic (exact) mass is 459 g/mol. The Morgan fingerprint density at radius 3 is 2.64 bits per heavy atom. The van der Waals surface area contributed by atoms with Crippen LogP contribution in [0.3, 0.4) is 0 Å². The number of anilines is 1. The molecule has 0 spiro atoms. The number of primary amides is 1. The first-order chi connectivity index (χ1) is 15.7. The second-order valence-corrected chi connectivity index (χ2v) is 7.23. The number of alkyl halides is 3. The molecule has 0 unspecified atom stereocenters. The number of rotatable bonds is 7. The third-order valence-corrected chi connectivity index (χ3v) is 5.04. The number of fused-ring (bicyclic) bond motifs is 1. The number of hydrogen-bond donors (Lipinski definition) is 2. The standard InChI is InChI=1S/C21H20F3N7O2/c1-30-16(5-7-28-30)14-10-15(26-8-6-21(22,23)24)20-27-11-17(31(20)29-14)13-4-3-12(19(25)32)9-18(13)33-2/h3-5,7,9-11,26H,6,8H2,1-2H3,(H2,25,32). The van der Waals surface area contributed by atoms with Gasteiger partial charge in [0.25, 0.3) is 0 Å². The first-order valence-electron chi connectivity index (χ1n) is 9.84. The highest BCUT2D eigenvalue weighted by atomic mass is 19.4. The minimum atomic E-state index is -4.29. The van der Waals surface area contributed by atoms with Crippen molar-refractivity contribution in [3.63, 3.8) is 0 Å². The highest BCUT2D eigenvalue weighted by Gasteiger charge is 2.26. The van der Waals surface area contributed by atoms with Gasteiger partial charge in [-0.05, 0) is 30.3 Å². The van der Waals surface area contributed by atoms with Gasteiger partial charge in [-0.1, -0.05) is 0 Å². The van der Waals surface area contributed by atoms with Gasteiger partial charge in [-0.25, -0.2) is 9.50 Å². The van der Waals surface area contributed by atoms with Crippen LogP contribution in [-0.2, 0) is 7.05 Å². The van der Waals surface area contributed by atoms with Gasteiger partial charge in [0, 0.05) is 30.9 Å². The molecule has 0 saturated carbocycles. The molecule has 0 atom stereocenters. The molecule has 0 fully saturated rings. The lowest BCUT2D eigenvalue weighted by atomic mass is 10.1. The average Bonchev–Trinajstić information content (AvgIpc) is 3.38. The summed E-state index contributed by atoms with van der Waals surface area (Å²) in [6.45, 7) is -0.327. The van der Waals surface area contributed by atoms with Crippen LogP contribution in [0.1, 0.15) is 16.8 Å². The average molecular weight is 459 g/mol. The molecule has 0 aliphatic rings. The Bertz CT molecular complexity index is 1330. The number of aryl methyl sites for hydroxylation is 1. The van der Waals surface area contributed by atoms with E-state index in [4.69, 9.17) is 10.5 Å². The predicted octanol–water partition coefficient (Wildman–Crippen LogP) is 3.27. The molecule has 0 aliphatic carbocycles.